The van der Waals surface area contributed by atoms with Crippen LogP contribution in [0.4, 0.5) is 0 Å². The number of hydrogen-bond donors (Lipinski definition) is 1. The molecule has 15 heavy (non-hydrogen) atoms. The lowest BCUT2D eigenvalue weighted by molar-refractivity contribution is 0.985. The number of nitriles is 1. The molecule has 0 amide bonds. The quantitative estimate of drug-likeness (QED) is 0.763. The smallest absolute Gasteiger partial charge is 0.248 e. The van der Waals surface area contributed by atoms with E-state index in [-0.39, 0.29) is 11.5 Å². The van der Waals surface area contributed by atoms with Crippen LogP contribution < -0.4 is 5.56 Å². The fraction of sp³-hybridized carbons (Fsp3) is 0.167. The first-order valence-corrected chi connectivity index (χ1v) is 4.74. The highest BCUT2D eigenvalue weighted by Crippen LogP contribution is 2.21. The zero-order chi connectivity index (χ0) is 10.8. The third kappa shape index (κ3) is 1.62. The summed E-state index contributed by atoms with van der Waals surface area (Å²) in [5.41, 5.74) is 1.41. The van der Waals surface area contributed by atoms with Gasteiger partial charge < -0.3 is 4.98 Å². The number of rotatable bonds is 1. The van der Waals surface area contributed by atoms with Gasteiger partial charge in [-0.25, -0.2) is 0 Å². The summed E-state index contributed by atoms with van der Waals surface area (Å²) in [7, 11) is 0. The molecule has 2 rings (SSSR count). The molecule has 74 valence electrons. The fourth-order valence-electron chi connectivity index (χ4n) is 1.66. The molecule has 1 N–H and O–H groups in total. The monoisotopic (exact) mass is 198 g/mol. The van der Waals surface area contributed by atoms with Crippen molar-refractivity contribution in [3.05, 3.63) is 46.2 Å². The molecule has 0 fully saturated rings. The van der Waals surface area contributed by atoms with E-state index in [0.29, 0.717) is 0 Å². The molecule has 0 saturated heterocycles. The summed E-state index contributed by atoms with van der Waals surface area (Å²) in [5.74, 6) is -0.266. The highest BCUT2D eigenvalue weighted by Gasteiger charge is 2.09. The second kappa shape index (κ2) is 3.58. The van der Waals surface area contributed by atoms with Gasteiger partial charge in [0.1, 0.15) is 0 Å². The Kier molecular flexibility index (Phi) is 2.26. The van der Waals surface area contributed by atoms with Crippen molar-refractivity contribution in [1.82, 2.24) is 4.98 Å². The van der Waals surface area contributed by atoms with Crippen molar-refractivity contribution in [3.8, 4) is 6.07 Å². The van der Waals surface area contributed by atoms with Gasteiger partial charge in [0.25, 0.3) is 0 Å². The van der Waals surface area contributed by atoms with Gasteiger partial charge in [-0.3, -0.25) is 4.79 Å². The van der Waals surface area contributed by atoms with Gasteiger partial charge in [-0.2, -0.15) is 5.26 Å². The highest BCUT2D eigenvalue weighted by molar-refractivity contribution is 5.82. The number of H-pyrrole nitrogens is 1. The van der Waals surface area contributed by atoms with Crippen molar-refractivity contribution in [1.29, 1.82) is 5.26 Å². The van der Waals surface area contributed by atoms with E-state index < -0.39 is 0 Å². The van der Waals surface area contributed by atoms with Gasteiger partial charge in [-0.1, -0.05) is 18.2 Å². The molecule has 0 radical (unpaired) electrons. The normalized spacial score (nSPS) is 12.3. The zero-order valence-electron chi connectivity index (χ0n) is 8.32. The molecule has 3 heteroatoms. The molecule has 0 saturated carbocycles. The van der Waals surface area contributed by atoms with E-state index in [2.05, 4.69) is 11.1 Å². The van der Waals surface area contributed by atoms with Crippen LogP contribution in [0, 0.1) is 11.3 Å². The molecule has 0 bridgehead atoms. The fourth-order valence-corrected chi connectivity index (χ4v) is 1.66. The van der Waals surface area contributed by atoms with Crippen LogP contribution in [0.15, 0.2) is 35.1 Å². The summed E-state index contributed by atoms with van der Waals surface area (Å²) in [4.78, 5) is 14.1. The standard InChI is InChI=1S/C12H10N2O/c1-8(7-13)10-6-12(15)14-11-5-3-2-4-9(10)11/h2-6,8H,1H3,(H,14,15). The average molecular weight is 198 g/mol. The van der Waals surface area contributed by atoms with Crippen molar-refractivity contribution in [3.63, 3.8) is 0 Å². The Hall–Kier alpha value is -2.08. The highest BCUT2D eigenvalue weighted by atomic mass is 16.1. The minimum absolute atomic E-state index is 0.161. The predicted octanol–water partition coefficient (Wildman–Crippen LogP) is 2.16. The maximum atomic E-state index is 11.4. The molecule has 2 aromatic rings. The summed E-state index contributed by atoms with van der Waals surface area (Å²) in [6.45, 7) is 1.79. The Balaban J connectivity index is 2.84. The molecule has 3 nitrogen and oxygen atoms in total. The second-order valence-corrected chi connectivity index (χ2v) is 3.49. The van der Waals surface area contributed by atoms with E-state index >= 15 is 0 Å². The van der Waals surface area contributed by atoms with Gasteiger partial charge in [0.15, 0.2) is 0 Å². The van der Waals surface area contributed by atoms with E-state index in [1.165, 1.54) is 6.07 Å². The number of fused-ring (bicyclic) bond motifs is 1. The van der Waals surface area contributed by atoms with E-state index in [9.17, 15) is 4.79 Å². The molecular weight excluding hydrogens is 188 g/mol. The SMILES string of the molecule is CC(C#N)c1cc(=O)[nH]c2ccccc12. The predicted molar refractivity (Wildman–Crippen MR) is 58.6 cm³/mol. The van der Waals surface area contributed by atoms with Crippen molar-refractivity contribution < 1.29 is 0 Å². The zero-order valence-corrected chi connectivity index (χ0v) is 8.32. The van der Waals surface area contributed by atoms with Crippen LogP contribution in [0.25, 0.3) is 10.9 Å². The molecule has 1 aromatic carbocycles. The minimum Gasteiger partial charge on any atom is -0.322 e. The number of aromatic amines is 1. The van der Waals surface area contributed by atoms with Crippen LogP contribution >= 0.6 is 0 Å². The van der Waals surface area contributed by atoms with Gasteiger partial charge in [0.05, 0.1) is 12.0 Å². The third-order valence-electron chi connectivity index (χ3n) is 2.44. The van der Waals surface area contributed by atoms with Gasteiger partial charge in [0, 0.05) is 17.0 Å². The average Bonchev–Trinajstić information content (AvgIpc) is 2.26. The number of nitrogens with one attached hydrogen (secondary N) is 1. The molecule has 0 aliphatic carbocycles. The number of hydrogen-bond acceptors (Lipinski definition) is 2. The van der Waals surface area contributed by atoms with Crippen LogP contribution in [0.1, 0.15) is 18.4 Å². The number of nitrogens with zero attached hydrogens (tertiary/aromatic N) is 1. The van der Waals surface area contributed by atoms with Crippen molar-refractivity contribution >= 4 is 10.9 Å². The Bertz CT molecular complexity index is 592. The molecule has 0 spiro atoms. The van der Waals surface area contributed by atoms with E-state index in [1.807, 2.05) is 24.3 Å². The Morgan fingerprint density at radius 3 is 2.87 bits per heavy atom. The summed E-state index contributed by atoms with van der Waals surface area (Å²) in [6.07, 6.45) is 0. The van der Waals surface area contributed by atoms with Gasteiger partial charge >= 0.3 is 0 Å². The molecule has 0 aliphatic heterocycles. The molecule has 1 aromatic heterocycles. The summed E-state index contributed by atoms with van der Waals surface area (Å²) in [5, 5.41) is 9.81. The lowest BCUT2D eigenvalue weighted by atomic mass is 9.99. The molecular formula is C12H10N2O. The summed E-state index contributed by atoms with van der Waals surface area (Å²) >= 11 is 0. The lowest BCUT2D eigenvalue weighted by Crippen LogP contribution is -2.07. The van der Waals surface area contributed by atoms with Crippen LogP contribution in [0.3, 0.4) is 0 Å². The first-order valence-electron chi connectivity index (χ1n) is 4.74. The maximum Gasteiger partial charge on any atom is 0.248 e. The van der Waals surface area contributed by atoms with E-state index in [1.54, 1.807) is 6.92 Å². The van der Waals surface area contributed by atoms with Crippen molar-refractivity contribution in [2.45, 2.75) is 12.8 Å². The van der Waals surface area contributed by atoms with Gasteiger partial charge in [-0.05, 0) is 18.6 Å². The van der Waals surface area contributed by atoms with Crippen molar-refractivity contribution in [2.75, 3.05) is 0 Å². The van der Waals surface area contributed by atoms with Gasteiger partial charge in [0.2, 0.25) is 5.56 Å². The van der Waals surface area contributed by atoms with E-state index in [0.717, 1.165) is 16.5 Å². The molecule has 1 atom stereocenters. The maximum absolute atomic E-state index is 11.4. The topological polar surface area (TPSA) is 56.6 Å². The lowest BCUT2D eigenvalue weighted by Gasteiger charge is -2.06. The summed E-state index contributed by atoms with van der Waals surface area (Å²) < 4.78 is 0. The first kappa shape index (κ1) is 9.47. The van der Waals surface area contributed by atoms with Crippen LogP contribution in [-0.4, -0.2) is 4.98 Å². The Labute approximate surface area is 87.0 Å². The largest absolute Gasteiger partial charge is 0.322 e. The number of pyridine rings is 1. The Morgan fingerprint density at radius 2 is 2.13 bits per heavy atom. The van der Waals surface area contributed by atoms with Crippen LogP contribution in [0.5, 0.6) is 0 Å². The number of para-hydroxylation sites is 1. The minimum atomic E-state index is -0.266. The first-order chi connectivity index (χ1) is 7.22. The number of benzene rings is 1. The number of aromatic nitrogens is 1. The Morgan fingerprint density at radius 1 is 1.40 bits per heavy atom. The second-order valence-electron chi connectivity index (χ2n) is 3.49. The van der Waals surface area contributed by atoms with Gasteiger partial charge in [-0.15, -0.1) is 0 Å². The molecule has 1 heterocycles. The summed E-state index contributed by atoms with van der Waals surface area (Å²) in [6, 6.07) is 11.2. The molecule has 0 aliphatic rings. The molecule has 1 unspecified atom stereocenters. The van der Waals surface area contributed by atoms with Crippen LogP contribution in [0.2, 0.25) is 0 Å². The van der Waals surface area contributed by atoms with Crippen LogP contribution in [-0.2, 0) is 0 Å². The van der Waals surface area contributed by atoms with Crippen molar-refractivity contribution in [2.24, 2.45) is 0 Å². The van der Waals surface area contributed by atoms with E-state index in [4.69, 9.17) is 5.26 Å². The third-order valence-corrected chi connectivity index (χ3v) is 2.44.